The van der Waals surface area contributed by atoms with Crippen LogP contribution in [0.2, 0.25) is 0 Å². The summed E-state index contributed by atoms with van der Waals surface area (Å²) >= 11 is 0. The van der Waals surface area contributed by atoms with Gasteiger partial charge in [-0.15, -0.1) is 0 Å². The van der Waals surface area contributed by atoms with E-state index in [9.17, 15) is 13.2 Å². The third-order valence-electron chi connectivity index (χ3n) is 7.87. The zero-order valence-electron chi connectivity index (χ0n) is 25.9. The second-order valence-corrected chi connectivity index (χ2v) is 14.2. The highest BCUT2D eigenvalue weighted by molar-refractivity contribution is 7.90. The van der Waals surface area contributed by atoms with Gasteiger partial charge < -0.3 is 0 Å². The number of sulfone groups is 1. The molecule has 228 valence electrons. The summed E-state index contributed by atoms with van der Waals surface area (Å²) in [7, 11) is -3.42. The van der Waals surface area contributed by atoms with Gasteiger partial charge in [0.2, 0.25) is 0 Å². The van der Waals surface area contributed by atoms with Crippen LogP contribution in [0.15, 0.2) is 107 Å². The van der Waals surface area contributed by atoms with Crippen molar-refractivity contribution in [1.82, 2.24) is 19.3 Å². The lowest BCUT2D eigenvalue weighted by molar-refractivity contribution is 0.588. The first-order valence-electron chi connectivity index (χ1n) is 15.1. The van der Waals surface area contributed by atoms with Crippen LogP contribution in [0.3, 0.4) is 0 Å². The molecule has 44 heavy (non-hydrogen) atoms. The molecule has 0 amide bonds. The fourth-order valence-corrected chi connectivity index (χ4v) is 6.63. The molecule has 0 saturated carbocycles. The quantitative estimate of drug-likeness (QED) is 0.168. The fourth-order valence-electron chi connectivity index (χ4n) is 5.28. The van der Waals surface area contributed by atoms with Crippen LogP contribution >= 0.6 is 0 Å². The molecule has 0 bridgehead atoms. The number of aromatic nitrogens is 4. The van der Waals surface area contributed by atoms with E-state index in [-0.39, 0.29) is 16.9 Å². The SMILES string of the molecule is CCn1c(CCCc2ccc(-c3ccc(CS(=O)(=O)c4ccccc4)cn3)cc2)nn(Cc2ccc(C(C)(C)C)cc2)c1=O. The predicted octanol–water partition coefficient (Wildman–Crippen LogP) is 6.62. The van der Waals surface area contributed by atoms with Crippen LogP contribution in [0.4, 0.5) is 0 Å². The van der Waals surface area contributed by atoms with Gasteiger partial charge in [0.25, 0.3) is 0 Å². The van der Waals surface area contributed by atoms with Crippen molar-refractivity contribution in [3.63, 3.8) is 0 Å². The molecule has 2 heterocycles. The molecule has 8 heteroatoms. The maximum atomic E-state index is 13.0. The Hall–Kier alpha value is -4.30. The largest absolute Gasteiger partial charge is 0.346 e. The van der Waals surface area contributed by atoms with E-state index in [0.717, 1.165) is 41.9 Å². The van der Waals surface area contributed by atoms with Gasteiger partial charge in [-0.2, -0.15) is 5.10 Å². The Kier molecular flexibility index (Phi) is 9.30. The van der Waals surface area contributed by atoms with Crippen molar-refractivity contribution in [2.45, 2.75) is 76.1 Å². The van der Waals surface area contributed by atoms with Crippen LogP contribution in [0.5, 0.6) is 0 Å². The van der Waals surface area contributed by atoms with Crippen molar-refractivity contribution >= 4 is 9.84 Å². The summed E-state index contributed by atoms with van der Waals surface area (Å²) in [6, 6.07) is 28.9. The van der Waals surface area contributed by atoms with E-state index in [1.165, 1.54) is 11.1 Å². The molecule has 0 fully saturated rings. The van der Waals surface area contributed by atoms with Crippen molar-refractivity contribution in [1.29, 1.82) is 0 Å². The highest BCUT2D eigenvalue weighted by Gasteiger charge is 2.16. The zero-order valence-corrected chi connectivity index (χ0v) is 26.7. The van der Waals surface area contributed by atoms with Crippen LogP contribution in [0.25, 0.3) is 11.3 Å². The minimum Gasteiger partial charge on any atom is -0.279 e. The first-order chi connectivity index (χ1) is 21.0. The minimum atomic E-state index is -3.42. The number of rotatable bonds is 11. The van der Waals surface area contributed by atoms with Gasteiger partial charge in [-0.25, -0.2) is 17.9 Å². The predicted molar refractivity (Wildman–Crippen MR) is 175 cm³/mol. The van der Waals surface area contributed by atoms with Gasteiger partial charge in [0, 0.05) is 24.7 Å². The van der Waals surface area contributed by atoms with E-state index in [1.807, 2.05) is 31.2 Å². The van der Waals surface area contributed by atoms with Gasteiger partial charge in [-0.05, 0) is 65.6 Å². The van der Waals surface area contributed by atoms with Crippen LogP contribution in [-0.2, 0) is 46.9 Å². The van der Waals surface area contributed by atoms with E-state index < -0.39 is 9.84 Å². The molecule has 0 aliphatic rings. The molecule has 7 nitrogen and oxygen atoms in total. The van der Waals surface area contributed by atoms with E-state index >= 15 is 0 Å². The average molecular weight is 609 g/mol. The monoisotopic (exact) mass is 608 g/mol. The zero-order chi connectivity index (χ0) is 31.3. The van der Waals surface area contributed by atoms with E-state index in [2.05, 4.69) is 62.2 Å². The highest BCUT2D eigenvalue weighted by atomic mass is 32.2. The summed E-state index contributed by atoms with van der Waals surface area (Å²) in [5.74, 6) is 0.733. The molecule has 0 unspecified atom stereocenters. The number of hydrogen-bond acceptors (Lipinski definition) is 5. The van der Waals surface area contributed by atoms with Gasteiger partial charge >= 0.3 is 5.69 Å². The molecule has 0 radical (unpaired) electrons. The Labute approximate surface area is 260 Å². The molecular formula is C36H40N4O3S. The van der Waals surface area contributed by atoms with Crippen LogP contribution < -0.4 is 5.69 Å². The van der Waals surface area contributed by atoms with Crippen LogP contribution in [0.1, 0.15) is 62.2 Å². The molecule has 2 aromatic heterocycles. The number of benzene rings is 3. The Morgan fingerprint density at radius 2 is 1.43 bits per heavy atom. The van der Waals surface area contributed by atoms with Crippen LogP contribution in [0, 0.1) is 0 Å². The van der Waals surface area contributed by atoms with Crippen molar-refractivity contribution in [3.8, 4) is 11.3 Å². The molecule has 0 aliphatic heterocycles. The number of aryl methyl sites for hydroxylation is 2. The summed E-state index contributed by atoms with van der Waals surface area (Å²) < 4.78 is 28.7. The fraction of sp³-hybridized carbons (Fsp3) is 0.306. The summed E-state index contributed by atoms with van der Waals surface area (Å²) in [5, 5.41) is 4.70. The number of nitrogens with zero attached hydrogens (tertiary/aromatic N) is 4. The standard InChI is InChI=1S/C36H40N4O3S/c1-5-39-34(38-40(35(39)41)25-28-16-21-31(22-17-28)36(2,3)4)13-9-10-27-14-19-30(20-15-27)33-23-18-29(24-37-33)26-44(42,43)32-11-7-6-8-12-32/h6-8,11-12,14-24H,5,9-10,13,25-26H2,1-4H3. The molecule has 5 rings (SSSR count). The van der Waals surface area contributed by atoms with Gasteiger partial charge in [-0.1, -0.05) is 93.6 Å². The lowest BCUT2D eigenvalue weighted by Gasteiger charge is -2.19. The first-order valence-corrected chi connectivity index (χ1v) is 16.8. The summed E-state index contributed by atoms with van der Waals surface area (Å²) in [4.78, 5) is 17.9. The van der Waals surface area contributed by atoms with Gasteiger partial charge in [0.15, 0.2) is 9.84 Å². The number of hydrogen-bond donors (Lipinski definition) is 0. The summed E-state index contributed by atoms with van der Waals surface area (Å²) in [5.41, 5.74) is 5.97. The van der Waals surface area contributed by atoms with Gasteiger partial charge in [-0.3, -0.25) is 9.55 Å². The summed E-state index contributed by atoms with van der Waals surface area (Å²) in [6.45, 7) is 9.61. The average Bonchev–Trinajstić information content (AvgIpc) is 3.31. The second-order valence-electron chi connectivity index (χ2n) is 12.2. The van der Waals surface area contributed by atoms with Crippen molar-refractivity contribution < 1.29 is 8.42 Å². The van der Waals surface area contributed by atoms with E-state index in [1.54, 1.807) is 45.8 Å². The molecular weight excluding hydrogens is 568 g/mol. The molecule has 0 spiro atoms. The Bertz CT molecular complexity index is 1850. The molecule has 0 saturated heterocycles. The Morgan fingerprint density at radius 1 is 0.773 bits per heavy atom. The first kappa shape index (κ1) is 31.1. The Morgan fingerprint density at radius 3 is 2.05 bits per heavy atom. The third kappa shape index (κ3) is 7.42. The molecule has 5 aromatic rings. The van der Waals surface area contributed by atoms with Gasteiger partial charge in [0.1, 0.15) is 5.82 Å². The minimum absolute atomic E-state index is 0.0667. The Balaban J connectivity index is 1.17. The molecule has 3 aromatic carbocycles. The molecule has 0 atom stereocenters. The molecule has 0 N–H and O–H groups in total. The maximum absolute atomic E-state index is 13.0. The summed E-state index contributed by atoms with van der Waals surface area (Å²) in [6.07, 6.45) is 4.09. The maximum Gasteiger partial charge on any atom is 0.346 e. The molecule has 0 aliphatic carbocycles. The van der Waals surface area contributed by atoms with Crippen LogP contribution in [-0.4, -0.2) is 27.7 Å². The van der Waals surface area contributed by atoms with Crippen molar-refractivity contribution in [2.24, 2.45) is 0 Å². The van der Waals surface area contributed by atoms with E-state index in [4.69, 9.17) is 5.10 Å². The van der Waals surface area contributed by atoms with Crippen molar-refractivity contribution in [3.05, 3.63) is 136 Å². The number of pyridine rings is 1. The van der Waals surface area contributed by atoms with Crippen molar-refractivity contribution in [2.75, 3.05) is 0 Å². The van der Waals surface area contributed by atoms with E-state index in [0.29, 0.717) is 23.5 Å². The highest BCUT2D eigenvalue weighted by Crippen LogP contribution is 2.23. The lowest BCUT2D eigenvalue weighted by Crippen LogP contribution is -2.25. The smallest absolute Gasteiger partial charge is 0.279 e. The lowest BCUT2D eigenvalue weighted by atomic mass is 9.87. The topological polar surface area (TPSA) is 86.8 Å². The second kappa shape index (κ2) is 13.1. The third-order valence-corrected chi connectivity index (χ3v) is 9.57. The normalized spacial score (nSPS) is 12.0. The van der Waals surface area contributed by atoms with Gasteiger partial charge in [0.05, 0.1) is 22.9 Å².